The fraction of sp³-hybridized carbons (Fsp3) is 1.00. The molecule has 0 aliphatic heterocycles. The Morgan fingerprint density at radius 3 is 0.538 bits per heavy atom. The predicted molar refractivity (Wildman–Crippen MR) is 181 cm³/mol. The highest BCUT2D eigenvalue weighted by Gasteiger charge is 1.97. The van der Waals surface area contributed by atoms with E-state index in [1.165, 1.54) is 231 Å². The molecule has 0 aromatic rings. The third-order valence-electron chi connectivity index (χ3n) is 9.03. The second kappa shape index (κ2) is 38.0. The summed E-state index contributed by atoms with van der Waals surface area (Å²) in [5, 5.41) is 3.24. The smallest absolute Gasteiger partial charge is 0.00519 e. The van der Waals surface area contributed by atoms with E-state index in [9.17, 15) is 0 Å². The maximum Gasteiger partial charge on any atom is -0.00519 e. The SMILES string of the molecule is CCCCCCCCCCCCCCCCCCCCCCCCCCCCCCCCCCCCCNC. The predicted octanol–water partition coefficient (Wildman–Crippen LogP) is 13.9. The standard InChI is InChI=1S/C38H79N/c1-3-4-5-6-7-8-9-10-11-12-13-14-15-16-17-18-19-20-21-22-23-24-25-26-27-28-29-30-31-32-33-34-35-36-37-38-39-2/h39H,3-38H2,1-2H3. The van der Waals surface area contributed by atoms with Crippen molar-refractivity contribution in [2.45, 2.75) is 232 Å². The van der Waals surface area contributed by atoms with E-state index < -0.39 is 0 Å². The van der Waals surface area contributed by atoms with Crippen molar-refractivity contribution in [1.29, 1.82) is 0 Å². The molecule has 0 aromatic heterocycles. The lowest BCUT2D eigenvalue weighted by atomic mass is 10.0. The van der Waals surface area contributed by atoms with Gasteiger partial charge in [0, 0.05) is 0 Å². The Morgan fingerprint density at radius 2 is 0.385 bits per heavy atom. The van der Waals surface area contributed by atoms with E-state index in [1.54, 1.807) is 0 Å². The Morgan fingerprint density at radius 1 is 0.231 bits per heavy atom. The van der Waals surface area contributed by atoms with Crippen LogP contribution in [-0.2, 0) is 0 Å². The lowest BCUT2D eigenvalue weighted by molar-refractivity contribution is 0.510. The van der Waals surface area contributed by atoms with Gasteiger partial charge in [0.05, 0.1) is 0 Å². The fourth-order valence-corrected chi connectivity index (χ4v) is 6.21. The fourth-order valence-electron chi connectivity index (χ4n) is 6.21. The Hall–Kier alpha value is -0.0400. The second-order valence-corrected chi connectivity index (χ2v) is 13.1. The van der Waals surface area contributed by atoms with Gasteiger partial charge in [-0.1, -0.05) is 225 Å². The normalized spacial score (nSPS) is 11.5. The molecule has 1 nitrogen and oxygen atoms in total. The summed E-state index contributed by atoms with van der Waals surface area (Å²) in [6.45, 7) is 3.50. The molecule has 1 heteroatoms. The van der Waals surface area contributed by atoms with Crippen LogP contribution >= 0.6 is 0 Å². The van der Waals surface area contributed by atoms with Gasteiger partial charge in [0.25, 0.3) is 0 Å². The Labute approximate surface area is 250 Å². The van der Waals surface area contributed by atoms with Crippen molar-refractivity contribution in [2.24, 2.45) is 0 Å². The van der Waals surface area contributed by atoms with Crippen LogP contribution in [0.5, 0.6) is 0 Å². The Kier molecular flexibility index (Phi) is 37.9. The van der Waals surface area contributed by atoms with E-state index in [1.807, 2.05) is 0 Å². The van der Waals surface area contributed by atoms with E-state index in [0.717, 1.165) is 0 Å². The summed E-state index contributed by atoms with van der Waals surface area (Å²) in [6, 6.07) is 0. The number of hydrogen-bond donors (Lipinski definition) is 1. The zero-order valence-corrected chi connectivity index (χ0v) is 28.0. The maximum atomic E-state index is 3.24. The van der Waals surface area contributed by atoms with Gasteiger partial charge in [-0.25, -0.2) is 0 Å². The third kappa shape index (κ3) is 38.0. The summed E-state index contributed by atoms with van der Waals surface area (Å²) in [5.41, 5.74) is 0. The van der Waals surface area contributed by atoms with Crippen LogP contribution in [0.3, 0.4) is 0 Å². The molecule has 0 aromatic carbocycles. The summed E-state index contributed by atoms with van der Waals surface area (Å²) in [4.78, 5) is 0. The first-order valence-corrected chi connectivity index (χ1v) is 19.1. The maximum absolute atomic E-state index is 3.24. The number of unbranched alkanes of at least 4 members (excludes halogenated alkanes) is 34. The molecule has 0 radical (unpaired) electrons. The largest absolute Gasteiger partial charge is 0.320 e. The topological polar surface area (TPSA) is 12.0 Å². The molecule has 0 aliphatic rings. The van der Waals surface area contributed by atoms with Crippen molar-refractivity contribution < 1.29 is 0 Å². The van der Waals surface area contributed by atoms with Gasteiger partial charge < -0.3 is 5.32 Å². The highest BCUT2D eigenvalue weighted by atomic mass is 14.8. The minimum absolute atomic E-state index is 1.19. The quantitative estimate of drug-likeness (QED) is 0.0766. The summed E-state index contributed by atoms with van der Waals surface area (Å²) < 4.78 is 0. The first kappa shape index (κ1) is 39.0. The lowest BCUT2D eigenvalue weighted by Gasteiger charge is -2.05. The summed E-state index contributed by atoms with van der Waals surface area (Å²) in [6.07, 6.45) is 51.7. The average Bonchev–Trinajstić information content (AvgIpc) is 2.95. The molecule has 0 atom stereocenters. The molecule has 0 spiro atoms. The summed E-state index contributed by atoms with van der Waals surface area (Å²) in [7, 11) is 2.06. The first-order chi connectivity index (χ1) is 19.4. The molecule has 236 valence electrons. The van der Waals surface area contributed by atoms with Gasteiger partial charge in [0.2, 0.25) is 0 Å². The van der Waals surface area contributed by atoms with E-state index in [4.69, 9.17) is 0 Å². The van der Waals surface area contributed by atoms with Gasteiger partial charge in [-0.3, -0.25) is 0 Å². The van der Waals surface area contributed by atoms with Crippen LogP contribution in [0, 0.1) is 0 Å². The van der Waals surface area contributed by atoms with E-state index in [0.29, 0.717) is 0 Å². The molecule has 0 saturated heterocycles. The number of hydrogen-bond acceptors (Lipinski definition) is 1. The number of rotatable bonds is 36. The van der Waals surface area contributed by atoms with Gasteiger partial charge in [-0.05, 0) is 20.0 Å². The molecule has 39 heavy (non-hydrogen) atoms. The highest BCUT2D eigenvalue weighted by molar-refractivity contribution is 4.53. The molecule has 0 heterocycles. The number of nitrogens with one attached hydrogen (secondary N) is 1. The molecule has 0 rings (SSSR count). The molecule has 0 bridgehead atoms. The van der Waals surface area contributed by atoms with Gasteiger partial charge in [-0.2, -0.15) is 0 Å². The van der Waals surface area contributed by atoms with Gasteiger partial charge in [0.15, 0.2) is 0 Å². The van der Waals surface area contributed by atoms with Crippen LogP contribution in [-0.4, -0.2) is 13.6 Å². The minimum atomic E-state index is 1.19. The third-order valence-corrected chi connectivity index (χ3v) is 9.03. The second-order valence-electron chi connectivity index (χ2n) is 13.1. The zero-order valence-electron chi connectivity index (χ0n) is 28.0. The van der Waals surface area contributed by atoms with Crippen molar-refractivity contribution in [3.05, 3.63) is 0 Å². The van der Waals surface area contributed by atoms with Crippen LogP contribution in [0.25, 0.3) is 0 Å². The van der Waals surface area contributed by atoms with Crippen molar-refractivity contribution in [1.82, 2.24) is 5.32 Å². The van der Waals surface area contributed by atoms with Crippen LogP contribution in [0.15, 0.2) is 0 Å². The molecule has 0 aliphatic carbocycles. The Balaban J connectivity index is 3.01. The van der Waals surface area contributed by atoms with Crippen LogP contribution in [0.4, 0.5) is 0 Å². The zero-order chi connectivity index (χ0) is 28.2. The van der Waals surface area contributed by atoms with Crippen LogP contribution in [0.2, 0.25) is 0 Å². The molecule has 0 unspecified atom stereocenters. The van der Waals surface area contributed by atoms with Crippen molar-refractivity contribution in [2.75, 3.05) is 13.6 Å². The van der Waals surface area contributed by atoms with Gasteiger partial charge >= 0.3 is 0 Å². The van der Waals surface area contributed by atoms with Crippen molar-refractivity contribution >= 4 is 0 Å². The molecule has 0 saturated carbocycles. The Bertz CT molecular complexity index is 356. The van der Waals surface area contributed by atoms with Gasteiger partial charge in [-0.15, -0.1) is 0 Å². The van der Waals surface area contributed by atoms with E-state index in [-0.39, 0.29) is 0 Å². The van der Waals surface area contributed by atoms with E-state index >= 15 is 0 Å². The molecule has 1 N–H and O–H groups in total. The monoisotopic (exact) mass is 550 g/mol. The molecule has 0 fully saturated rings. The first-order valence-electron chi connectivity index (χ1n) is 19.1. The average molecular weight is 550 g/mol. The minimum Gasteiger partial charge on any atom is -0.320 e. The van der Waals surface area contributed by atoms with Crippen LogP contribution < -0.4 is 5.32 Å². The summed E-state index contributed by atoms with van der Waals surface area (Å²) >= 11 is 0. The van der Waals surface area contributed by atoms with Crippen molar-refractivity contribution in [3.63, 3.8) is 0 Å². The lowest BCUT2D eigenvalue weighted by Crippen LogP contribution is -2.06. The van der Waals surface area contributed by atoms with Crippen molar-refractivity contribution in [3.8, 4) is 0 Å². The highest BCUT2D eigenvalue weighted by Crippen LogP contribution is 2.17. The molecular formula is C38H79N. The van der Waals surface area contributed by atoms with Crippen LogP contribution in [0.1, 0.15) is 232 Å². The van der Waals surface area contributed by atoms with Gasteiger partial charge in [0.1, 0.15) is 0 Å². The van der Waals surface area contributed by atoms with E-state index in [2.05, 4.69) is 19.3 Å². The molecule has 0 amide bonds. The summed E-state index contributed by atoms with van der Waals surface area (Å²) in [5.74, 6) is 0. The molecular weight excluding hydrogens is 470 g/mol.